The summed E-state index contributed by atoms with van der Waals surface area (Å²) >= 11 is 9.17. The summed E-state index contributed by atoms with van der Waals surface area (Å²) in [7, 11) is 0. The molecule has 1 amide bonds. The van der Waals surface area contributed by atoms with Crippen LogP contribution in [0.4, 0.5) is 5.69 Å². The number of amides is 1. The van der Waals surface area contributed by atoms with Crippen molar-refractivity contribution in [3.8, 4) is 11.3 Å². The first-order valence-electron chi connectivity index (χ1n) is 11.3. The molecule has 1 aliphatic rings. The van der Waals surface area contributed by atoms with E-state index < -0.39 is 0 Å². The van der Waals surface area contributed by atoms with Crippen LogP contribution in [0.25, 0.3) is 11.3 Å². The van der Waals surface area contributed by atoms with Crippen LogP contribution in [0.15, 0.2) is 100 Å². The Kier molecular flexibility index (Phi) is 6.92. The fraction of sp³-hybridized carbons (Fsp3) is 0.148. The van der Waals surface area contributed by atoms with E-state index in [9.17, 15) is 4.79 Å². The Balaban J connectivity index is 1.40. The Morgan fingerprint density at radius 1 is 1.03 bits per heavy atom. The largest absolute Gasteiger partial charge is 0.459 e. The molecule has 0 aliphatic carbocycles. The number of carbonyl (C=O) groups is 1. The highest BCUT2D eigenvalue weighted by atomic mass is 79.9. The fourth-order valence-electron chi connectivity index (χ4n) is 4.20. The molecule has 2 N–H and O–H groups in total. The molecular weight excluding hydrogens is 524 g/mol. The third-order valence-corrected chi connectivity index (χ3v) is 6.76. The van der Waals surface area contributed by atoms with E-state index >= 15 is 0 Å². The zero-order valence-electron chi connectivity index (χ0n) is 18.7. The number of nitrogens with one attached hydrogen (secondary N) is 2. The SMILES string of the molecule is O=C(CCN1C(=S)N[C@@H](c2ccccn2)[C@@H]1c1ccc(-c2ccc(Br)cc2)o1)Nc1ccccc1. The van der Waals surface area contributed by atoms with Crippen molar-refractivity contribution in [3.05, 3.63) is 107 Å². The van der Waals surface area contributed by atoms with Gasteiger partial charge in [-0.05, 0) is 60.7 Å². The number of thiocarbonyl (C=S) groups is 1. The van der Waals surface area contributed by atoms with Crippen LogP contribution < -0.4 is 10.6 Å². The molecular formula is C27H23BrN4O2S. The van der Waals surface area contributed by atoms with Gasteiger partial charge < -0.3 is 20.0 Å². The maximum absolute atomic E-state index is 12.6. The van der Waals surface area contributed by atoms with Crippen molar-refractivity contribution in [1.29, 1.82) is 0 Å². The number of hydrogen-bond donors (Lipinski definition) is 2. The smallest absolute Gasteiger partial charge is 0.226 e. The molecule has 0 saturated carbocycles. The first-order valence-corrected chi connectivity index (χ1v) is 12.5. The van der Waals surface area contributed by atoms with E-state index in [1.165, 1.54) is 0 Å². The van der Waals surface area contributed by atoms with Gasteiger partial charge in [-0.15, -0.1) is 0 Å². The first-order chi connectivity index (χ1) is 17.1. The van der Waals surface area contributed by atoms with Crippen LogP contribution in [0, 0.1) is 0 Å². The number of nitrogens with zero attached hydrogens (tertiary/aromatic N) is 2. The molecule has 6 nitrogen and oxygen atoms in total. The molecule has 2 aromatic heterocycles. The number of benzene rings is 2. The van der Waals surface area contributed by atoms with Crippen molar-refractivity contribution in [2.24, 2.45) is 0 Å². The van der Waals surface area contributed by atoms with Gasteiger partial charge in [-0.1, -0.05) is 52.3 Å². The molecule has 1 aliphatic heterocycles. The topological polar surface area (TPSA) is 70.4 Å². The van der Waals surface area contributed by atoms with E-state index in [1.807, 2.05) is 89.8 Å². The number of rotatable bonds is 7. The lowest BCUT2D eigenvalue weighted by Gasteiger charge is -2.25. The molecule has 35 heavy (non-hydrogen) atoms. The molecule has 2 atom stereocenters. The van der Waals surface area contributed by atoms with Gasteiger partial charge in [0.1, 0.15) is 17.6 Å². The predicted molar refractivity (Wildman–Crippen MR) is 144 cm³/mol. The molecule has 8 heteroatoms. The van der Waals surface area contributed by atoms with E-state index in [0.717, 1.165) is 32.9 Å². The van der Waals surface area contributed by atoms with Gasteiger partial charge in [0.15, 0.2) is 5.11 Å². The second kappa shape index (κ2) is 10.4. The molecule has 0 radical (unpaired) electrons. The molecule has 2 aromatic carbocycles. The van der Waals surface area contributed by atoms with Gasteiger partial charge in [-0.25, -0.2) is 0 Å². The van der Waals surface area contributed by atoms with Gasteiger partial charge >= 0.3 is 0 Å². The summed E-state index contributed by atoms with van der Waals surface area (Å²) in [5.74, 6) is 1.45. The van der Waals surface area contributed by atoms with Crippen molar-refractivity contribution in [1.82, 2.24) is 15.2 Å². The standard InChI is InChI=1S/C27H23BrN4O2S/c28-19-11-9-18(10-12-19)22-13-14-23(34-22)26-25(21-8-4-5-16-29-21)31-27(35)32(26)17-15-24(33)30-20-6-2-1-3-7-20/h1-14,16,25-26H,15,17H2,(H,30,33)(H,31,35)/t25-,26-/m0/s1. The Morgan fingerprint density at radius 2 is 1.80 bits per heavy atom. The molecule has 0 spiro atoms. The maximum atomic E-state index is 12.6. The van der Waals surface area contributed by atoms with E-state index in [2.05, 4.69) is 31.5 Å². The number of aromatic nitrogens is 1. The van der Waals surface area contributed by atoms with Crippen LogP contribution >= 0.6 is 28.1 Å². The van der Waals surface area contributed by atoms with Crippen LogP contribution in [0.3, 0.4) is 0 Å². The lowest BCUT2D eigenvalue weighted by Crippen LogP contribution is -2.32. The molecule has 5 rings (SSSR count). The lowest BCUT2D eigenvalue weighted by atomic mass is 10.0. The maximum Gasteiger partial charge on any atom is 0.226 e. The molecule has 3 heterocycles. The van der Waals surface area contributed by atoms with Gasteiger partial charge in [0.05, 0.1) is 11.7 Å². The molecule has 0 bridgehead atoms. The highest BCUT2D eigenvalue weighted by molar-refractivity contribution is 9.10. The number of para-hydroxylation sites is 1. The minimum Gasteiger partial charge on any atom is -0.459 e. The van der Waals surface area contributed by atoms with Crippen LogP contribution in [0.2, 0.25) is 0 Å². The third kappa shape index (κ3) is 5.28. The Bertz CT molecular complexity index is 1310. The van der Waals surface area contributed by atoms with Crippen LogP contribution in [0.1, 0.15) is 30.0 Å². The highest BCUT2D eigenvalue weighted by Gasteiger charge is 2.41. The fourth-order valence-corrected chi connectivity index (χ4v) is 4.80. The Hall–Kier alpha value is -3.49. The first kappa shape index (κ1) is 23.3. The predicted octanol–water partition coefficient (Wildman–Crippen LogP) is 6.11. The number of anilines is 1. The molecule has 0 unspecified atom stereocenters. The van der Waals surface area contributed by atoms with Gasteiger partial charge in [0.2, 0.25) is 5.91 Å². The summed E-state index contributed by atoms with van der Waals surface area (Å²) in [5, 5.41) is 6.90. The van der Waals surface area contributed by atoms with Crippen molar-refractivity contribution in [3.63, 3.8) is 0 Å². The monoisotopic (exact) mass is 546 g/mol. The van der Waals surface area contributed by atoms with Crippen LogP contribution in [-0.2, 0) is 4.79 Å². The quantitative estimate of drug-likeness (QED) is 0.273. The number of carbonyl (C=O) groups excluding carboxylic acids is 1. The highest BCUT2D eigenvalue weighted by Crippen LogP contribution is 2.40. The van der Waals surface area contributed by atoms with Crippen molar-refractivity contribution < 1.29 is 9.21 Å². The van der Waals surface area contributed by atoms with Gasteiger partial charge in [-0.3, -0.25) is 9.78 Å². The lowest BCUT2D eigenvalue weighted by molar-refractivity contribution is -0.116. The zero-order chi connectivity index (χ0) is 24.2. The zero-order valence-corrected chi connectivity index (χ0v) is 21.1. The van der Waals surface area contributed by atoms with Crippen molar-refractivity contribution >= 4 is 44.9 Å². The average Bonchev–Trinajstić information content (AvgIpc) is 3.49. The van der Waals surface area contributed by atoms with Crippen LogP contribution in [-0.4, -0.2) is 27.4 Å². The van der Waals surface area contributed by atoms with E-state index in [4.69, 9.17) is 16.6 Å². The van der Waals surface area contributed by atoms with Gasteiger partial charge in [0.25, 0.3) is 0 Å². The van der Waals surface area contributed by atoms with Gasteiger partial charge in [-0.2, -0.15) is 0 Å². The molecule has 1 saturated heterocycles. The van der Waals surface area contributed by atoms with Crippen LogP contribution in [0.5, 0.6) is 0 Å². The summed E-state index contributed by atoms with van der Waals surface area (Å²) in [4.78, 5) is 19.2. The third-order valence-electron chi connectivity index (χ3n) is 5.88. The van der Waals surface area contributed by atoms with E-state index in [1.54, 1.807) is 6.20 Å². The van der Waals surface area contributed by atoms with E-state index in [-0.39, 0.29) is 24.4 Å². The summed E-state index contributed by atoms with van der Waals surface area (Å²) in [6.45, 7) is 0.437. The second-order valence-corrected chi connectivity index (χ2v) is 9.50. The normalized spacial score (nSPS) is 17.3. The number of hydrogen-bond acceptors (Lipinski definition) is 4. The summed E-state index contributed by atoms with van der Waals surface area (Å²) in [6.07, 6.45) is 2.05. The van der Waals surface area contributed by atoms with Gasteiger partial charge in [0, 0.05) is 34.9 Å². The number of halogens is 1. The molecule has 176 valence electrons. The summed E-state index contributed by atoms with van der Waals surface area (Å²) in [5.41, 5.74) is 2.61. The summed E-state index contributed by atoms with van der Waals surface area (Å²) < 4.78 is 7.35. The summed E-state index contributed by atoms with van der Waals surface area (Å²) in [6, 6.07) is 26.7. The Labute approximate surface area is 217 Å². The van der Waals surface area contributed by atoms with Crippen molar-refractivity contribution in [2.75, 3.05) is 11.9 Å². The minimum absolute atomic E-state index is 0.0750. The Morgan fingerprint density at radius 3 is 2.54 bits per heavy atom. The molecule has 4 aromatic rings. The number of pyridine rings is 1. The molecule has 1 fully saturated rings. The second-order valence-electron chi connectivity index (χ2n) is 8.19. The average molecular weight is 547 g/mol. The van der Waals surface area contributed by atoms with Crippen molar-refractivity contribution in [2.45, 2.75) is 18.5 Å². The number of furan rings is 1. The minimum atomic E-state index is -0.244. The van der Waals surface area contributed by atoms with E-state index in [0.29, 0.717) is 11.7 Å².